The van der Waals surface area contributed by atoms with E-state index in [0.29, 0.717) is 19.5 Å². The average Bonchev–Trinajstić information content (AvgIpc) is 2.83. The topological polar surface area (TPSA) is 102 Å². The highest BCUT2D eigenvalue weighted by Gasteiger charge is 2.15. The first-order valence-electron chi connectivity index (χ1n) is 5.86. The summed E-state index contributed by atoms with van der Waals surface area (Å²) in [5.41, 5.74) is 9.00. The standard InChI is InChI=1S/C11H17N7/c1-9(2)18-8-14-7-11(18)10(6-12)15-4-3-5-16-17-13/h7-10,15H,3-5H2,1-2H3. The van der Waals surface area contributed by atoms with Crippen molar-refractivity contribution in [2.24, 2.45) is 5.11 Å². The van der Waals surface area contributed by atoms with Gasteiger partial charge in [-0.3, -0.25) is 5.32 Å². The lowest BCUT2D eigenvalue weighted by molar-refractivity contribution is 0.522. The summed E-state index contributed by atoms with van der Waals surface area (Å²) in [6.45, 7) is 5.15. The Balaban J connectivity index is 2.58. The van der Waals surface area contributed by atoms with Crippen molar-refractivity contribution in [2.45, 2.75) is 32.4 Å². The molecule has 0 bridgehead atoms. The van der Waals surface area contributed by atoms with Crippen molar-refractivity contribution in [1.82, 2.24) is 14.9 Å². The van der Waals surface area contributed by atoms with Crippen molar-refractivity contribution >= 4 is 0 Å². The molecule has 1 N–H and O–H groups in total. The van der Waals surface area contributed by atoms with Crippen LogP contribution in [0.1, 0.15) is 38.0 Å². The second kappa shape index (κ2) is 7.33. The molecule has 0 aliphatic carbocycles. The van der Waals surface area contributed by atoms with Gasteiger partial charge in [-0.05, 0) is 32.3 Å². The Hall–Kier alpha value is -2.03. The fraction of sp³-hybridized carbons (Fsp3) is 0.636. The predicted molar refractivity (Wildman–Crippen MR) is 67.6 cm³/mol. The summed E-state index contributed by atoms with van der Waals surface area (Å²) >= 11 is 0. The first kappa shape index (κ1) is 14.0. The fourth-order valence-corrected chi connectivity index (χ4v) is 1.63. The molecule has 1 unspecified atom stereocenters. The zero-order valence-electron chi connectivity index (χ0n) is 10.6. The van der Waals surface area contributed by atoms with Gasteiger partial charge in [0, 0.05) is 17.5 Å². The Labute approximate surface area is 106 Å². The van der Waals surface area contributed by atoms with Crippen molar-refractivity contribution in [3.05, 3.63) is 28.7 Å². The molecule has 1 atom stereocenters. The van der Waals surface area contributed by atoms with Gasteiger partial charge in [0.2, 0.25) is 0 Å². The Morgan fingerprint density at radius 3 is 3.06 bits per heavy atom. The van der Waals surface area contributed by atoms with E-state index in [1.807, 2.05) is 18.4 Å². The quantitative estimate of drug-likeness (QED) is 0.346. The van der Waals surface area contributed by atoms with Crippen LogP contribution in [0.2, 0.25) is 0 Å². The van der Waals surface area contributed by atoms with Crippen molar-refractivity contribution in [1.29, 1.82) is 5.26 Å². The number of nitrogens with zero attached hydrogens (tertiary/aromatic N) is 6. The number of imidazole rings is 1. The highest BCUT2D eigenvalue weighted by atomic mass is 15.1. The van der Waals surface area contributed by atoms with Crippen LogP contribution in [0.15, 0.2) is 17.6 Å². The van der Waals surface area contributed by atoms with Crippen LogP contribution in [-0.2, 0) is 0 Å². The van der Waals surface area contributed by atoms with Gasteiger partial charge in [0.1, 0.15) is 6.04 Å². The third-order valence-corrected chi connectivity index (χ3v) is 2.52. The molecule has 0 radical (unpaired) electrons. The number of hydrogen-bond acceptors (Lipinski definition) is 4. The number of rotatable bonds is 7. The Bertz CT molecular complexity index is 450. The van der Waals surface area contributed by atoms with E-state index < -0.39 is 0 Å². The van der Waals surface area contributed by atoms with Crippen LogP contribution >= 0.6 is 0 Å². The van der Waals surface area contributed by atoms with Crippen LogP contribution in [0, 0.1) is 11.3 Å². The average molecular weight is 247 g/mol. The molecule has 0 spiro atoms. The molecule has 96 valence electrons. The molecule has 1 heterocycles. The van der Waals surface area contributed by atoms with Gasteiger partial charge in [-0.15, -0.1) is 0 Å². The van der Waals surface area contributed by atoms with Crippen molar-refractivity contribution in [3.63, 3.8) is 0 Å². The van der Waals surface area contributed by atoms with Gasteiger partial charge < -0.3 is 4.57 Å². The lowest BCUT2D eigenvalue weighted by Crippen LogP contribution is -2.24. The largest absolute Gasteiger partial charge is 0.330 e. The summed E-state index contributed by atoms with van der Waals surface area (Å²) in [7, 11) is 0. The third-order valence-electron chi connectivity index (χ3n) is 2.52. The molecular weight excluding hydrogens is 230 g/mol. The van der Waals surface area contributed by atoms with E-state index in [9.17, 15) is 5.26 Å². The fourth-order valence-electron chi connectivity index (χ4n) is 1.63. The van der Waals surface area contributed by atoms with Crippen LogP contribution in [0.3, 0.4) is 0 Å². The van der Waals surface area contributed by atoms with Crippen molar-refractivity contribution < 1.29 is 0 Å². The van der Waals surface area contributed by atoms with Gasteiger partial charge in [0.05, 0.1) is 24.3 Å². The van der Waals surface area contributed by atoms with Gasteiger partial charge in [-0.1, -0.05) is 5.11 Å². The van der Waals surface area contributed by atoms with Gasteiger partial charge in [-0.2, -0.15) is 5.26 Å². The maximum Gasteiger partial charge on any atom is 0.138 e. The second-order valence-corrected chi connectivity index (χ2v) is 4.14. The maximum absolute atomic E-state index is 9.17. The summed E-state index contributed by atoms with van der Waals surface area (Å²) in [6, 6.07) is 2.09. The minimum absolute atomic E-state index is 0.267. The van der Waals surface area contributed by atoms with Gasteiger partial charge >= 0.3 is 0 Å². The smallest absolute Gasteiger partial charge is 0.138 e. The number of nitriles is 1. The molecular formula is C11H17N7. The van der Waals surface area contributed by atoms with Crippen molar-refractivity contribution in [2.75, 3.05) is 13.1 Å². The first-order valence-corrected chi connectivity index (χ1v) is 5.86. The van der Waals surface area contributed by atoms with Gasteiger partial charge in [0.25, 0.3) is 0 Å². The molecule has 0 saturated heterocycles. The number of nitrogens with one attached hydrogen (secondary N) is 1. The Kier molecular flexibility index (Phi) is 5.71. The molecule has 0 aliphatic heterocycles. The van der Waals surface area contributed by atoms with Crippen LogP contribution in [0.5, 0.6) is 0 Å². The zero-order valence-corrected chi connectivity index (χ0v) is 10.6. The lowest BCUT2D eigenvalue weighted by Gasteiger charge is -2.16. The zero-order chi connectivity index (χ0) is 13.4. The number of hydrogen-bond donors (Lipinski definition) is 1. The van der Waals surface area contributed by atoms with Crippen LogP contribution in [0.25, 0.3) is 10.4 Å². The van der Waals surface area contributed by atoms with Gasteiger partial charge in [-0.25, -0.2) is 4.98 Å². The molecule has 0 aliphatic rings. The molecule has 1 aromatic heterocycles. The summed E-state index contributed by atoms with van der Waals surface area (Å²) in [6.07, 6.45) is 4.14. The Morgan fingerprint density at radius 1 is 1.67 bits per heavy atom. The highest BCUT2D eigenvalue weighted by molar-refractivity contribution is 5.14. The molecule has 0 aromatic carbocycles. The van der Waals surface area contributed by atoms with E-state index >= 15 is 0 Å². The molecule has 1 aromatic rings. The molecule has 18 heavy (non-hydrogen) atoms. The summed E-state index contributed by atoms with van der Waals surface area (Å²) in [5, 5.41) is 15.7. The minimum Gasteiger partial charge on any atom is -0.330 e. The number of azide groups is 1. The van der Waals surface area contributed by atoms with Crippen LogP contribution in [-0.4, -0.2) is 22.6 Å². The normalized spacial score (nSPS) is 11.9. The van der Waals surface area contributed by atoms with Crippen LogP contribution in [0.4, 0.5) is 0 Å². The summed E-state index contributed by atoms with van der Waals surface area (Å²) < 4.78 is 1.97. The van der Waals surface area contributed by atoms with E-state index in [0.717, 1.165) is 5.69 Å². The van der Waals surface area contributed by atoms with E-state index in [1.54, 1.807) is 12.5 Å². The SMILES string of the molecule is CC(C)n1cncc1C(C#N)NCCCN=[N+]=[N-]. The summed E-state index contributed by atoms with van der Waals surface area (Å²) in [4.78, 5) is 6.75. The molecule has 7 nitrogen and oxygen atoms in total. The predicted octanol–water partition coefficient (Wildman–Crippen LogP) is 2.32. The molecule has 1 rings (SSSR count). The van der Waals surface area contributed by atoms with E-state index in [2.05, 4.69) is 26.4 Å². The molecule has 7 heteroatoms. The minimum atomic E-state index is -0.388. The Morgan fingerprint density at radius 2 is 2.44 bits per heavy atom. The van der Waals surface area contributed by atoms with E-state index in [4.69, 9.17) is 5.53 Å². The molecule has 0 amide bonds. The highest BCUT2D eigenvalue weighted by Crippen LogP contribution is 2.16. The van der Waals surface area contributed by atoms with Crippen molar-refractivity contribution in [3.8, 4) is 6.07 Å². The first-order chi connectivity index (χ1) is 8.70. The second-order valence-electron chi connectivity index (χ2n) is 4.14. The monoisotopic (exact) mass is 247 g/mol. The maximum atomic E-state index is 9.17. The third kappa shape index (κ3) is 3.77. The van der Waals surface area contributed by atoms with Crippen LogP contribution < -0.4 is 5.32 Å². The molecule has 0 saturated carbocycles. The lowest BCUT2D eigenvalue weighted by atomic mass is 10.2. The molecule has 0 fully saturated rings. The van der Waals surface area contributed by atoms with E-state index in [-0.39, 0.29) is 12.1 Å². The number of aromatic nitrogens is 2. The summed E-state index contributed by atoms with van der Waals surface area (Å²) in [5.74, 6) is 0. The van der Waals surface area contributed by atoms with Gasteiger partial charge in [0.15, 0.2) is 0 Å². The van der Waals surface area contributed by atoms with E-state index in [1.165, 1.54) is 0 Å².